The zero-order chi connectivity index (χ0) is 31.6. The largest absolute Gasteiger partial charge is 0.406 e. The van der Waals surface area contributed by atoms with E-state index < -0.39 is 57.3 Å². The lowest BCUT2D eigenvalue weighted by atomic mass is 9.57. The summed E-state index contributed by atoms with van der Waals surface area (Å²) in [5.74, 6) is -0.492. The van der Waals surface area contributed by atoms with E-state index in [1.807, 2.05) is 6.92 Å². The minimum atomic E-state index is -5.49. The molecule has 7 unspecified atom stereocenters. The molecule has 5 rings (SSSR count). The van der Waals surface area contributed by atoms with Crippen LogP contribution in [0.1, 0.15) is 59.3 Å². The summed E-state index contributed by atoms with van der Waals surface area (Å²) >= 11 is 18.1. The fraction of sp³-hybridized carbons (Fsp3) is 0.862. The molecule has 0 radical (unpaired) electrons. The van der Waals surface area contributed by atoms with Crippen LogP contribution in [0, 0.1) is 34.5 Å². The number of rotatable bonds is 7. The van der Waals surface area contributed by atoms with Gasteiger partial charge < -0.3 is 18.9 Å². The van der Waals surface area contributed by atoms with Crippen LogP contribution in [0.2, 0.25) is 0 Å². The Labute approximate surface area is 258 Å². The third-order valence-electron chi connectivity index (χ3n) is 10.8. The van der Waals surface area contributed by atoms with Gasteiger partial charge in [-0.3, -0.25) is 0 Å². The molecule has 42 heavy (non-hydrogen) atoms. The fourth-order valence-corrected chi connectivity index (χ4v) is 9.34. The maximum atomic E-state index is 14.2. The number of ether oxygens (including phenoxy) is 4. The lowest BCUT2D eigenvalue weighted by Crippen LogP contribution is -2.69. The van der Waals surface area contributed by atoms with Crippen molar-refractivity contribution in [3.8, 4) is 0 Å². The van der Waals surface area contributed by atoms with Crippen molar-refractivity contribution < 1.29 is 45.3 Å². The smallest absolute Gasteiger partial charge is 0.382 e. The second kappa shape index (κ2) is 11.2. The van der Waals surface area contributed by atoms with E-state index in [1.54, 1.807) is 0 Å². The normalized spacial score (nSPS) is 39.6. The molecule has 0 aromatic heterocycles. The van der Waals surface area contributed by atoms with Gasteiger partial charge in [-0.25, -0.2) is 0 Å². The van der Waals surface area contributed by atoms with Crippen molar-refractivity contribution in [2.45, 2.75) is 92.2 Å². The summed E-state index contributed by atoms with van der Waals surface area (Å²) < 4.78 is 105. The van der Waals surface area contributed by atoms with Crippen LogP contribution in [0.25, 0.3) is 0 Å². The van der Waals surface area contributed by atoms with Crippen LogP contribution >= 0.6 is 34.8 Å². The van der Waals surface area contributed by atoms with Gasteiger partial charge in [0.15, 0.2) is 5.41 Å². The molecule has 4 bridgehead atoms. The molecule has 0 spiro atoms. The van der Waals surface area contributed by atoms with Crippen LogP contribution in [-0.4, -0.2) is 60.1 Å². The van der Waals surface area contributed by atoms with Gasteiger partial charge in [0.2, 0.25) is 3.79 Å². The Morgan fingerprint density at radius 1 is 0.905 bits per heavy atom. The fourth-order valence-electron chi connectivity index (χ4n) is 8.80. The molecule has 0 amide bonds. The predicted molar refractivity (Wildman–Crippen MR) is 148 cm³/mol. The molecule has 5 aliphatic rings. The molecule has 242 valence electrons. The second-order valence-corrected chi connectivity index (χ2v) is 15.2. The molecule has 4 nitrogen and oxygen atoms in total. The Kier molecular flexibility index (Phi) is 9.26. The Morgan fingerprint density at radius 2 is 1.50 bits per heavy atom. The molecule has 4 aliphatic carbocycles. The number of hydrogen-bond donors (Lipinski definition) is 0. The zero-order valence-electron chi connectivity index (χ0n) is 24.1. The molecular weight excluding hydrogens is 633 g/mol. The van der Waals surface area contributed by atoms with Crippen LogP contribution < -0.4 is 0 Å². The summed E-state index contributed by atoms with van der Waals surface area (Å²) in [6.07, 6.45) is -4.48. The highest BCUT2D eigenvalue weighted by Crippen LogP contribution is 2.81. The monoisotopic (exact) mass is 670 g/mol. The first-order valence-corrected chi connectivity index (χ1v) is 15.3. The van der Waals surface area contributed by atoms with Crippen molar-refractivity contribution in [1.82, 2.24) is 0 Å². The van der Waals surface area contributed by atoms with Crippen LogP contribution in [0.5, 0.6) is 0 Å². The van der Waals surface area contributed by atoms with Crippen LogP contribution in [0.4, 0.5) is 26.3 Å². The van der Waals surface area contributed by atoms with Gasteiger partial charge in [0.25, 0.3) is 0 Å². The summed E-state index contributed by atoms with van der Waals surface area (Å²) in [4.78, 5) is 0. The first-order chi connectivity index (χ1) is 19.2. The molecule has 1 saturated heterocycles. The Hall–Kier alpha value is -0.230. The number of hydrogen-bond acceptors (Lipinski definition) is 4. The van der Waals surface area contributed by atoms with E-state index in [4.69, 9.17) is 53.8 Å². The summed E-state index contributed by atoms with van der Waals surface area (Å²) in [7, 11) is 1.41. The van der Waals surface area contributed by atoms with Gasteiger partial charge in [-0.15, -0.1) is 6.58 Å². The molecular formula is C29H39Cl3F6O4. The summed E-state index contributed by atoms with van der Waals surface area (Å²) in [6.45, 7) is 9.19. The number of alkyl halides is 9. The average molecular weight is 672 g/mol. The van der Waals surface area contributed by atoms with E-state index in [9.17, 15) is 26.3 Å². The minimum absolute atomic E-state index is 0.0206. The molecule has 0 aromatic rings. The summed E-state index contributed by atoms with van der Waals surface area (Å²) in [5, 5.41) is 0. The van der Waals surface area contributed by atoms with E-state index in [1.165, 1.54) is 13.2 Å². The third kappa shape index (κ3) is 4.87. The van der Waals surface area contributed by atoms with E-state index >= 15 is 0 Å². The van der Waals surface area contributed by atoms with Crippen molar-refractivity contribution >= 4 is 34.8 Å². The molecule has 7 atom stereocenters. The Bertz CT molecular complexity index is 1030. The van der Waals surface area contributed by atoms with Crippen molar-refractivity contribution in [2.24, 2.45) is 34.5 Å². The summed E-state index contributed by atoms with van der Waals surface area (Å²) in [5.41, 5.74) is -8.71. The van der Waals surface area contributed by atoms with Gasteiger partial charge in [-0.05, 0) is 71.1 Å². The molecule has 13 heteroatoms. The highest BCUT2D eigenvalue weighted by molar-refractivity contribution is 6.68. The van der Waals surface area contributed by atoms with E-state index in [0.717, 1.165) is 6.42 Å². The Balaban J connectivity index is 0.000000227. The third-order valence-corrected chi connectivity index (χ3v) is 12.0. The maximum Gasteiger partial charge on any atom is 0.406 e. The first-order valence-electron chi connectivity index (χ1n) is 14.1. The SMILES string of the molecule is C=CC12CCC(C(F)(F)F)(C(F)(F)F)C1(OCOCCOC)C1CCC2C1.CC1(C)OC(C)(C(Cl)(Cl)Cl)C2C=CC1C2. The predicted octanol–water partition coefficient (Wildman–Crippen LogP) is 8.99. The van der Waals surface area contributed by atoms with Crippen molar-refractivity contribution in [3.63, 3.8) is 0 Å². The van der Waals surface area contributed by atoms with Gasteiger partial charge in [-0.1, -0.05) is 53.0 Å². The molecule has 1 aliphatic heterocycles. The van der Waals surface area contributed by atoms with Crippen LogP contribution in [0.15, 0.2) is 24.8 Å². The van der Waals surface area contributed by atoms with Gasteiger partial charge in [0.05, 0.1) is 18.8 Å². The zero-order valence-corrected chi connectivity index (χ0v) is 26.4. The lowest BCUT2D eigenvalue weighted by Gasteiger charge is -2.55. The molecule has 3 saturated carbocycles. The highest BCUT2D eigenvalue weighted by Gasteiger charge is 2.91. The number of fused-ring (bicyclic) bond motifs is 7. The maximum absolute atomic E-state index is 14.2. The molecule has 0 aromatic carbocycles. The lowest BCUT2D eigenvalue weighted by molar-refractivity contribution is -0.407. The topological polar surface area (TPSA) is 36.9 Å². The number of halogens is 9. The average Bonchev–Trinajstić information content (AvgIpc) is 3.61. The standard InChI is InChI=1S/C18H24F6O3.C11H15Cl3O/c1-3-14-6-7-15(17(19,20)21,18(22,23)24)16(14,13-5-4-12(14)10-13)27-11-26-9-8-25-2;1-9(2)7-4-5-8(6-7)10(3,15-9)11(12,13)14/h3,12-13H,1,4-11H2,2H3;4-5,7-8H,6H2,1-3H3. The van der Waals surface area contributed by atoms with Crippen LogP contribution in [0.3, 0.4) is 0 Å². The first kappa shape index (κ1) is 34.6. The number of methoxy groups -OCH3 is 1. The van der Waals surface area contributed by atoms with Gasteiger partial charge in [0, 0.05) is 24.4 Å². The second-order valence-electron chi connectivity index (χ2n) is 12.9. The molecule has 1 heterocycles. The quantitative estimate of drug-likeness (QED) is 0.0891. The van der Waals surface area contributed by atoms with Gasteiger partial charge >= 0.3 is 12.4 Å². The van der Waals surface area contributed by atoms with E-state index in [-0.39, 0.29) is 49.9 Å². The van der Waals surface area contributed by atoms with Crippen molar-refractivity contribution in [3.05, 3.63) is 24.8 Å². The molecule has 4 fully saturated rings. The Morgan fingerprint density at radius 3 is 2.05 bits per heavy atom. The van der Waals surface area contributed by atoms with E-state index in [0.29, 0.717) is 12.3 Å². The van der Waals surface area contributed by atoms with Gasteiger partial charge in [-0.2, -0.15) is 26.3 Å². The minimum Gasteiger partial charge on any atom is -0.382 e. The summed E-state index contributed by atoms with van der Waals surface area (Å²) in [6, 6.07) is 0. The highest BCUT2D eigenvalue weighted by atomic mass is 35.6. The molecule has 0 N–H and O–H groups in total. The van der Waals surface area contributed by atoms with E-state index in [2.05, 4.69) is 32.6 Å². The van der Waals surface area contributed by atoms with Crippen molar-refractivity contribution in [1.29, 1.82) is 0 Å². The van der Waals surface area contributed by atoms with Gasteiger partial charge in [0.1, 0.15) is 18.0 Å². The van der Waals surface area contributed by atoms with Crippen LogP contribution in [-0.2, 0) is 18.9 Å². The van der Waals surface area contributed by atoms with Crippen molar-refractivity contribution in [2.75, 3.05) is 27.1 Å².